The van der Waals surface area contributed by atoms with Crippen molar-refractivity contribution in [2.45, 2.75) is 25.3 Å². The van der Waals surface area contributed by atoms with E-state index in [0.29, 0.717) is 17.1 Å². The summed E-state index contributed by atoms with van der Waals surface area (Å²) in [4.78, 5) is 8.55. The molecule has 0 aliphatic carbocycles. The SMILES string of the molecule is COc1ccc(-c2cc(CNS(=O)(=O)c3cc(C)c(C)cc3OC)ncn2)cc1. The van der Waals surface area contributed by atoms with Crippen LogP contribution in [0.25, 0.3) is 11.3 Å². The van der Waals surface area contributed by atoms with Crippen LogP contribution in [0.3, 0.4) is 0 Å². The van der Waals surface area contributed by atoms with Crippen LogP contribution in [-0.4, -0.2) is 32.6 Å². The van der Waals surface area contributed by atoms with Crippen LogP contribution in [0.15, 0.2) is 53.7 Å². The smallest absolute Gasteiger partial charge is 0.244 e. The molecule has 0 aliphatic rings. The van der Waals surface area contributed by atoms with Gasteiger partial charge in [0.05, 0.1) is 32.2 Å². The second kappa shape index (κ2) is 8.59. The van der Waals surface area contributed by atoms with E-state index in [2.05, 4.69) is 14.7 Å². The van der Waals surface area contributed by atoms with E-state index in [1.807, 2.05) is 38.1 Å². The first-order valence-electron chi connectivity index (χ1n) is 8.94. The summed E-state index contributed by atoms with van der Waals surface area (Å²) in [7, 11) is -0.720. The van der Waals surface area contributed by atoms with Crippen molar-refractivity contribution in [2.24, 2.45) is 0 Å². The Morgan fingerprint density at radius 3 is 2.28 bits per heavy atom. The lowest BCUT2D eigenvalue weighted by atomic mass is 10.1. The van der Waals surface area contributed by atoms with Crippen molar-refractivity contribution in [1.29, 1.82) is 0 Å². The Kier molecular flexibility index (Phi) is 6.14. The van der Waals surface area contributed by atoms with E-state index < -0.39 is 10.0 Å². The number of benzene rings is 2. The van der Waals surface area contributed by atoms with Gasteiger partial charge in [-0.2, -0.15) is 0 Å². The number of hydrogen-bond donors (Lipinski definition) is 1. The molecule has 2 aromatic carbocycles. The summed E-state index contributed by atoms with van der Waals surface area (Å²) in [5.41, 5.74) is 3.96. The molecule has 8 heteroatoms. The highest BCUT2D eigenvalue weighted by molar-refractivity contribution is 7.89. The number of sulfonamides is 1. The van der Waals surface area contributed by atoms with Gasteiger partial charge in [-0.25, -0.2) is 23.1 Å². The summed E-state index contributed by atoms with van der Waals surface area (Å²) in [6, 6.07) is 12.5. The van der Waals surface area contributed by atoms with Crippen LogP contribution in [0, 0.1) is 13.8 Å². The first-order chi connectivity index (χ1) is 13.8. The fraction of sp³-hybridized carbons (Fsp3) is 0.238. The molecule has 0 fully saturated rings. The molecule has 0 atom stereocenters. The summed E-state index contributed by atoms with van der Waals surface area (Å²) in [6.07, 6.45) is 1.42. The van der Waals surface area contributed by atoms with Gasteiger partial charge in [0.15, 0.2) is 0 Å². The zero-order valence-electron chi connectivity index (χ0n) is 16.8. The third-order valence-corrected chi connectivity index (χ3v) is 6.04. The predicted molar refractivity (Wildman–Crippen MR) is 111 cm³/mol. The fourth-order valence-corrected chi connectivity index (χ4v) is 4.03. The lowest BCUT2D eigenvalue weighted by Gasteiger charge is -2.13. The van der Waals surface area contributed by atoms with Gasteiger partial charge in [0.2, 0.25) is 10.0 Å². The highest BCUT2D eigenvalue weighted by Crippen LogP contribution is 2.27. The second-order valence-corrected chi connectivity index (χ2v) is 8.27. The number of ether oxygens (including phenoxy) is 2. The van der Waals surface area contributed by atoms with Crippen molar-refractivity contribution in [3.8, 4) is 22.8 Å². The van der Waals surface area contributed by atoms with Gasteiger partial charge < -0.3 is 9.47 Å². The van der Waals surface area contributed by atoms with E-state index >= 15 is 0 Å². The molecule has 1 N–H and O–H groups in total. The van der Waals surface area contributed by atoms with E-state index in [1.54, 1.807) is 25.3 Å². The Morgan fingerprint density at radius 1 is 0.931 bits per heavy atom. The Balaban J connectivity index is 1.81. The number of aromatic nitrogens is 2. The maximum Gasteiger partial charge on any atom is 0.244 e. The zero-order chi connectivity index (χ0) is 21.0. The van der Waals surface area contributed by atoms with Crippen LogP contribution in [0.5, 0.6) is 11.5 Å². The molecule has 152 valence electrons. The summed E-state index contributed by atoms with van der Waals surface area (Å²) < 4.78 is 38.7. The fourth-order valence-electron chi connectivity index (χ4n) is 2.79. The standard InChI is InChI=1S/C21H23N3O4S/c1-14-9-20(28-4)21(10-15(14)2)29(25,26)24-12-17-11-19(23-13-22-17)16-5-7-18(27-3)8-6-16/h5-11,13,24H,12H2,1-4H3. The summed E-state index contributed by atoms with van der Waals surface area (Å²) in [5.74, 6) is 1.06. The van der Waals surface area contributed by atoms with Crippen LogP contribution in [0.1, 0.15) is 16.8 Å². The molecule has 1 heterocycles. The molecular formula is C21H23N3O4S. The minimum Gasteiger partial charge on any atom is -0.497 e. The molecule has 0 bridgehead atoms. The molecule has 3 aromatic rings. The van der Waals surface area contributed by atoms with E-state index in [1.165, 1.54) is 13.4 Å². The van der Waals surface area contributed by atoms with E-state index in [4.69, 9.17) is 9.47 Å². The number of rotatable bonds is 7. The Labute approximate surface area is 170 Å². The highest BCUT2D eigenvalue weighted by atomic mass is 32.2. The number of methoxy groups -OCH3 is 2. The van der Waals surface area contributed by atoms with Gasteiger partial charge in [-0.05, 0) is 67.4 Å². The minimum atomic E-state index is -3.78. The molecule has 7 nitrogen and oxygen atoms in total. The van der Waals surface area contributed by atoms with Crippen molar-refractivity contribution in [1.82, 2.24) is 14.7 Å². The predicted octanol–water partition coefficient (Wildman–Crippen LogP) is 3.26. The Bertz CT molecular complexity index is 1110. The third-order valence-electron chi connectivity index (χ3n) is 4.62. The van der Waals surface area contributed by atoms with Crippen molar-refractivity contribution < 1.29 is 17.9 Å². The summed E-state index contributed by atoms with van der Waals surface area (Å²) >= 11 is 0. The second-order valence-electron chi connectivity index (χ2n) is 6.53. The van der Waals surface area contributed by atoms with Gasteiger partial charge in [0.1, 0.15) is 22.7 Å². The monoisotopic (exact) mass is 413 g/mol. The van der Waals surface area contributed by atoms with Crippen molar-refractivity contribution in [3.63, 3.8) is 0 Å². The normalized spacial score (nSPS) is 11.3. The molecule has 0 radical (unpaired) electrons. The van der Waals surface area contributed by atoms with E-state index in [9.17, 15) is 8.42 Å². The molecule has 0 aliphatic heterocycles. The molecule has 0 spiro atoms. The highest BCUT2D eigenvalue weighted by Gasteiger charge is 2.20. The number of aryl methyl sites for hydroxylation is 2. The average molecular weight is 413 g/mol. The van der Waals surface area contributed by atoms with Crippen molar-refractivity contribution >= 4 is 10.0 Å². The molecule has 3 rings (SSSR count). The first kappa shape index (κ1) is 20.8. The lowest BCUT2D eigenvalue weighted by molar-refractivity contribution is 0.401. The molecule has 29 heavy (non-hydrogen) atoms. The van der Waals surface area contributed by atoms with Crippen molar-refractivity contribution in [2.75, 3.05) is 14.2 Å². The third kappa shape index (κ3) is 4.72. The molecule has 0 unspecified atom stereocenters. The van der Waals surface area contributed by atoms with Crippen molar-refractivity contribution in [3.05, 3.63) is 65.6 Å². The van der Waals surface area contributed by atoms with Crippen LogP contribution in [0.4, 0.5) is 0 Å². The number of hydrogen-bond acceptors (Lipinski definition) is 6. The van der Waals surface area contributed by atoms with E-state index in [0.717, 1.165) is 22.4 Å². The maximum absolute atomic E-state index is 12.8. The first-order valence-corrected chi connectivity index (χ1v) is 10.4. The topological polar surface area (TPSA) is 90.4 Å². The number of nitrogens with one attached hydrogen (secondary N) is 1. The van der Waals surface area contributed by atoms with Crippen LogP contribution in [-0.2, 0) is 16.6 Å². The molecule has 0 amide bonds. The zero-order valence-corrected chi connectivity index (χ0v) is 17.6. The summed E-state index contributed by atoms with van der Waals surface area (Å²) in [5, 5.41) is 0. The minimum absolute atomic E-state index is 0.0318. The molecular weight excluding hydrogens is 390 g/mol. The van der Waals surface area contributed by atoms with Gasteiger partial charge in [0, 0.05) is 5.56 Å². The van der Waals surface area contributed by atoms with Gasteiger partial charge in [-0.15, -0.1) is 0 Å². The maximum atomic E-state index is 12.8. The van der Waals surface area contributed by atoms with E-state index in [-0.39, 0.29) is 11.4 Å². The molecule has 0 saturated heterocycles. The lowest BCUT2D eigenvalue weighted by Crippen LogP contribution is -2.24. The quantitative estimate of drug-likeness (QED) is 0.639. The largest absolute Gasteiger partial charge is 0.497 e. The Morgan fingerprint density at radius 2 is 1.62 bits per heavy atom. The van der Waals surface area contributed by atoms with Gasteiger partial charge >= 0.3 is 0 Å². The Hall–Kier alpha value is -2.97. The molecule has 1 aromatic heterocycles. The number of nitrogens with zero attached hydrogens (tertiary/aromatic N) is 2. The molecule has 0 saturated carbocycles. The van der Waals surface area contributed by atoms with Gasteiger partial charge in [0.25, 0.3) is 0 Å². The van der Waals surface area contributed by atoms with Gasteiger partial charge in [-0.1, -0.05) is 0 Å². The average Bonchev–Trinajstić information content (AvgIpc) is 2.74. The summed E-state index contributed by atoms with van der Waals surface area (Å²) in [6.45, 7) is 3.80. The van der Waals surface area contributed by atoms with Crippen LogP contribution < -0.4 is 14.2 Å². The van der Waals surface area contributed by atoms with Gasteiger partial charge in [-0.3, -0.25) is 0 Å². The van der Waals surface area contributed by atoms with Crippen LogP contribution >= 0.6 is 0 Å². The van der Waals surface area contributed by atoms with Crippen LogP contribution in [0.2, 0.25) is 0 Å².